The number of fused-ring (bicyclic) bond motifs is 1. The first-order chi connectivity index (χ1) is 23.2. The van der Waals surface area contributed by atoms with Crippen molar-refractivity contribution in [1.29, 1.82) is 0 Å². The third-order valence-corrected chi connectivity index (χ3v) is 11.8. The summed E-state index contributed by atoms with van der Waals surface area (Å²) in [6.07, 6.45) is 0.935. The number of likely N-dealkylation sites (tertiary alicyclic amines) is 1. The van der Waals surface area contributed by atoms with Gasteiger partial charge in [-0.05, 0) is 66.6 Å². The molecule has 5 atom stereocenters. The van der Waals surface area contributed by atoms with Crippen molar-refractivity contribution in [3.05, 3.63) is 77.1 Å². The number of carbonyl (C=O) groups is 4. The number of hydrogen-bond donors (Lipinski definition) is 3. The lowest BCUT2D eigenvalue weighted by atomic mass is 10.0. The normalized spacial score (nSPS) is 25.0. The molecule has 15 heteroatoms. The van der Waals surface area contributed by atoms with E-state index in [0.29, 0.717) is 23.6 Å². The molecular weight excluding hydrogens is 677 g/mol. The number of nitrogens with one attached hydrogen (secondary N) is 3. The van der Waals surface area contributed by atoms with Crippen molar-refractivity contribution in [1.82, 2.24) is 19.8 Å². The zero-order chi connectivity index (χ0) is 35.2. The summed E-state index contributed by atoms with van der Waals surface area (Å²) in [7, 11) is -3.90. The summed E-state index contributed by atoms with van der Waals surface area (Å²) in [4.78, 5) is 57.8. The van der Waals surface area contributed by atoms with Gasteiger partial charge in [-0.15, -0.1) is 6.58 Å². The van der Waals surface area contributed by atoms with Crippen LogP contribution >= 0.6 is 11.6 Å². The largest absolute Gasteiger partial charge is 0.444 e. The lowest BCUT2D eigenvalue weighted by molar-refractivity contribution is -0.140. The molecule has 4 amide bonds. The number of hydrogen-bond acceptors (Lipinski definition) is 8. The molecule has 6 rings (SSSR count). The molecule has 1 saturated heterocycles. The summed E-state index contributed by atoms with van der Waals surface area (Å²) in [5, 5.41) is 5.76. The summed E-state index contributed by atoms with van der Waals surface area (Å²) in [5.41, 5.74) is 0.643. The molecule has 262 valence electrons. The quantitative estimate of drug-likeness (QED) is 0.298. The molecule has 1 unspecified atom stereocenters. The van der Waals surface area contributed by atoms with Crippen LogP contribution in [0.25, 0.3) is 0 Å². The SMILES string of the molecule is C=C[C@@H]1C[C@]1(NC(=O)[C@@H]1CC(OC(=O)N2Cc3cccc(Cl)c3C2)CN1C(=O)[C@@H](Nc1ccc(F)cc1)C(C)C)C(=O)NS(=O)(=O)C1CC1. The van der Waals surface area contributed by atoms with Crippen molar-refractivity contribution in [2.75, 3.05) is 11.9 Å². The molecule has 2 heterocycles. The molecule has 3 fully saturated rings. The zero-order valence-corrected chi connectivity index (χ0v) is 28.7. The number of carbonyl (C=O) groups excluding carboxylic acids is 4. The Hall–Kier alpha value is -4.17. The highest BCUT2D eigenvalue weighted by Gasteiger charge is 2.62. The Labute approximate surface area is 289 Å². The maximum absolute atomic E-state index is 14.2. The minimum absolute atomic E-state index is 0.0664. The Morgan fingerprint density at radius 1 is 1.10 bits per heavy atom. The Bertz CT molecular complexity index is 1790. The van der Waals surface area contributed by atoms with Gasteiger partial charge in [0.25, 0.3) is 5.91 Å². The van der Waals surface area contributed by atoms with Gasteiger partial charge in [0.15, 0.2) is 0 Å². The Morgan fingerprint density at radius 3 is 2.43 bits per heavy atom. The van der Waals surface area contributed by atoms with Gasteiger partial charge >= 0.3 is 6.09 Å². The van der Waals surface area contributed by atoms with Crippen LogP contribution < -0.4 is 15.4 Å². The predicted octanol–water partition coefficient (Wildman–Crippen LogP) is 3.71. The molecule has 0 radical (unpaired) electrons. The maximum Gasteiger partial charge on any atom is 0.410 e. The van der Waals surface area contributed by atoms with Crippen LogP contribution in [0.1, 0.15) is 50.7 Å². The monoisotopic (exact) mass is 715 g/mol. The van der Waals surface area contributed by atoms with Crippen LogP contribution in [0.2, 0.25) is 5.02 Å². The van der Waals surface area contributed by atoms with Gasteiger partial charge in [0.2, 0.25) is 21.8 Å². The van der Waals surface area contributed by atoms with Gasteiger partial charge in [-0.2, -0.15) is 0 Å². The molecule has 49 heavy (non-hydrogen) atoms. The van der Waals surface area contributed by atoms with Crippen molar-refractivity contribution in [3.63, 3.8) is 0 Å². The fourth-order valence-electron chi connectivity index (χ4n) is 6.54. The highest BCUT2D eigenvalue weighted by atomic mass is 35.5. The third kappa shape index (κ3) is 7.11. The molecule has 0 aromatic heterocycles. The average Bonchev–Trinajstić information content (AvgIpc) is 3.94. The summed E-state index contributed by atoms with van der Waals surface area (Å²) in [6, 6.07) is 8.92. The van der Waals surface area contributed by atoms with E-state index in [9.17, 15) is 32.0 Å². The number of anilines is 1. The molecule has 4 aliphatic rings. The Kier molecular flexibility index (Phi) is 9.40. The first-order valence-electron chi connectivity index (χ1n) is 16.3. The van der Waals surface area contributed by atoms with E-state index >= 15 is 0 Å². The Balaban J connectivity index is 1.22. The van der Waals surface area contributed by atoms with Gasteiger partial charge in [-0.3, -0.25) is 24.0 Å². The minimum atomic E-state index is -3.90. The average molecular weight is 716 g/mol. The van der Waals surface area contributed by atoms with Gasteiger partial charge < -0.3 is 20.3 Å². The second-order valence-corrected chi connectivity index (χ2v) is 15.9. The van der Waals surface area contributed by atoms with E-state index in [4.69, 9.17) is 16.3 Å². The van der Waals surface area contributed by atoms with Crippen LogP contribution in [0.15, 0.2) is 55.1 Å². The van der Waals surface area contributed by atoms with Gasteiger partial charge in [0.1, 0.15) is 29.5 Å². The molecular formula is C34H39ClFN5O7S. The fourth-order valence-corrected chi connectivity index (χ4v) is 8.16. The number of sulfonamides is 1. The zero-order valence-electron chi connectivity index (χ0n) is 27.2. The van der Waals surface area contributed by atoms with Crippen LogP contribution in [0.3, 0.4) is 0 Å². The highest BCUT2D eigenvalue weighted by molar-refractivity contribution is 7.91. The van der Waals surface area contributed by atoms with Gasteiger partial charge in [0.05, 0.1) is 18.3 Å². The van der Waals surface area contributed by atoms with Crippen molar-refractivity contribution in [3.8, 4) is 0 Å². The molecule has 2 aromatic rings. The second-order valence-electron chi connectivity index (χ2n) is 13.5. The van der Waals surface area contributed by atoms with E-state index in [1.807, 2.05) is 19.9 Å². The number of rotatable bonds is 11. The van der Waals surface area contributed by atoms with Crippen molar-refractivity contribution >= 4 is 51.1 Å². The smallest absolute Gasteiger partial charge is 0.410 e. The minimum Gasteiger partial charge on any atom is -0.444 e. The lowest BCUT2D eigenvalue weighted by Crippen LogP contribution is -2.58. The molecule has 12 nitrogen and oxygen atoms in total. The summed E-state index contributed by atoms with van der Waals surface area (Å²) >= 11 is 6.33. The van der Waals surface area contributed by atoms with Gasteiger partial charge in [0, 0.05) is 29.6 Å². The van der Waals surface area contributed by atoms with Crippen LogP contribution in [0.4, 0.5) is 14.9 Å². The summed E-state index contributed by atoms with van der Waals surface area (Å²) in [6.45, 7) is 7.79. The number of amides is 4. The van der Waals surface area contributed by atoms with E-state index in [-0.39, 0.29) is 38.4 Å². The van der Waals surface area contributed by atoms with Crippen molar-refractivity contribution in [2.24, 2.45) is 11.8 Å². The van der Waals surface area contributed by atoms with E-state index in [2.05, 4.69) is 21.9 Å². The summed E-state index contributed by atoms with van der Waals surface area (Å²) < 4.78 is 46.8. The number of halogens is 2. The van der Waals surface area contributed by atoms with Crippen LogP contribution in [0.5, 0.6) is 0 Å². The topological polar surface area (TPSA) is 154 Å². The first kappa shape index (κ1) is 34.7. The molecule has 2 aliphatic carbocycles. The maximum atomic E-state index is 14.2. The van der Waals surface area contributed by atoms with Crippen LogP contribution in [-0.2, 0) is 42.2 Å². The molecule has 0 bridgehead atoms. The van der Waals surface area contributed by atoms with Crippen molar-refractivity contribution < 1.29 is 36.7 Å². The first-order valence-corrected chi connectivity index (χ1v) is 18.2. The van der Waals surface area contributed by atoms with Gasteiger partial charge in [-0.25, -0.2) is 17.6 Å². The molecule has 2 aromatic carbocycles. The van der Waals surface area contributed by atoms with Crippen molar-refractivity contribution in [2.45, 2.75) is 81.6 Å². The number of nitrogens with zero attached hydrogens (tertiary/aromatic N) is 2. The predicted molar refractivity (Wildman–Crippen MR) is 179 cm³/mol. The Morgan fingerprint density at radius 2 is 1.82 bits per heavy atom. The second kappa shape index (κ2) is 13.3. The molecule has 0 spiro atoms. The van der Waals surface area contributed by atoms with E-state index in [0.717, 1.165) is 11.1 Å². The summed E-state index contributed by atoms with van der Waals surface area (Å²) in [5.74, 6) is -3.28. The van der Waals surface area contributed by atoms with Gasteiger partial charge in [-0.1, -0.05) is 43.7 Å². The number of ether oxygens (including phenoxy) is 1. The number of benzene rings is 2. The van der Waals surface area contributed by atoms with E-state index in [1.165, 1.54) is 40.1 Å². The highest BCUT2D eigenvalue weighted by Crippen LogP contribution is 2.45. The molecule has 2 saturated carbocycles. The lowest BCUT2D eigenvalue weighted by Gasteiger charge is -2.31. The standard InChI is InChI=1S/C34H39ClFN5O7S/c1-4-21-15-34(21,32(44)39-49(46,47)25-12-13-25)38-30(42)28-14-24(48-33(45)40-16-20-6-5-7-27(35)26(20)18-40)17-41(28)31(43)29(19(2)3)37-23-10-8-22(36)9-11-23/h4-11,19,21,24-25,28-29,37H,1,12-18H2,2-3H3,(H,38,42)(H,39,44)/t21-,24?,28+,29+,34-/m1/s1. The third-order valence-electron chi connectivity index (χ3n) is 9.65. The van der Waals surface area contributed by atoms with Crippen LogP contribution in [0, 0.1) is 17.7 Å². The molecule has 3 N–H and O–H groups in total. The fraction of sp³-hybridized carbons (Fsp3) is 0.471. The van der Waals surface area contributed by atoms with E-state index < -0.39 is 74.5 Å². The van der Waals surface area contributed by atoms with E-state index in [1.54, 1.807) is 12.1 Å². The van der Waals surface area contributed by atoms with Crippen LogP contribution in [-0.4, -0.2) is 77.6 Å². The molecule has 2 aliphatic heterocycles.